The van der Waals surface area contributed by atoms with E-state index < -0.39 is 12.2 Å². The average molecular weight is 251 g/mol. The number of rotatable bonds is 5. The first-order valence-corrected chi connectivity index (χ1v) is 5.62. The molecule has 0 aromatic heterocycles. The molecule has 1 rings (SSSR count). The number of carbonyl (C=O) groups excluding carboxylic acids is 2. The van der Waals surface area contributed by atoms with Crippen molar-refractivity contribution in [1.29, 1.82) is 0 Å². The Kier molecular flexibility index (Phi) is 5.00. The van der Waals surface area contributed by atoms with Crippen LogP contribution in [0.15, 0.2) is 18.2 Å². The third kappa shape index (κ3) is 3.65. The maximum absolute atomic E-state index is 10.9. The lowest BCUT2D eigenvalue weighted by molar-refractivity contribution is -0.119. The molecule has 0 saturated heterocycles. The Morgan fingerprint density at radius 2 is 2.11 bits per heavy atom. The molecule has 3 N–H and O–H groups in total. The maximum atomic E-state index is 10.9. The predicted octanol–water partition coefficient (Wildman–Crippen LogP) is 0.338. The number of benzene rings is 1. The molecule has 0 heterocycles. The molecule has 0 aliphatic rings. The van der Waals surface area contributed by atoms with Crippen molar-refractivity contribution in [2.24, 2.45) is 0 Å². The minimum atomic E-state index is -1.21. The Bertz CT molecular complexity index is 445. The lowest BCUT2D eigenvalue weighted by atomic mass is 9.97. The standard InChI is InChI=1S/C13H17NO4/c1-8-3-4-11(10(5-8)7-15)13(18)12(17)6-14-9(2)16/h3-5,7,12-13,17-18H,6H2,1-2H3,(H,14,16). The first-order chi connectivity index (χ1) is 8.45. The Morgan fingerprint density at radius 3 is 2.67 bits per heavy atom. The molecule has 0 aliphatic heterocycles. The highest BCUT2D eigenvalue weighted by atomic mass is 16.3. The number of amides is 1. The van der Waals surface area contributed by atoms with Gasteiger partial charge in [-0.3, -0.25) is 9.59 Å². The van der Waals surface area contributed by atoms with Gasteiger partial charge in [-0.25, -0.2) is 0 Å². The van der Waals surface area contributed by atoms with Crippen LogP contribution < -0.4 is 5.32 Å². The topological polar surface area (TPSA) is 86.6 Å². The number of nitrogens with one attached hydrogen (secondary N) is 1. The van der Waals surface area contributed by atoms with Crippen LogP contribution in [0.3, 0.4) is 0 Å². The van der Waals surface area contributed by atoms with Gasteiger partial charge < -0.3 is 15.5 Å². The molecule has 1 aromatic carbocycles. The van der Waals surface area contributed by atoms with Crippen LogP contribution in [0.25, 0.3) is 0 Å². The van der Waals surface area contributed by atoms with Crippen LogP contribution in [0.4, 0.5) is 0 Å². The van der Waals surface area contributed by atoms with Crippen LogP contribution in [0.1, 0.15) is 34.5 Å². The van der Waals surface area contributed by atoms with Gasteiger partial charge in [0.25, 0.3) is 0 Å². The molecule has 98 valence electrons. The van der Waals surface area contributed by atoms with Gasteiger partial charge in [-0.1, -0.05) is 17.7 Å². The summed E-state index contributed by atoms with van der Waals surface area (Å²) in [7, 11) is 0. The highest BCUT2D eigenvalue weighted by Crippen LogP contribution is 2.21. The van der Waals surface area contributed by atoms with E-state index >= 15 is 0 Å². The zero-order valence-corrected chi connectivity index (χ0v) is 10.4. The van der Waals surface area contributed by atoms with Gasteiger partial charge in [0.2, 0.25) is 5.91 Å². The largest absolute Gasteiger partial charge is 0.388 e. The second-order valence-electron chi connectivity index (χ2n) is 4.20. The molecule has 18 heavy (non-hydrogen) atoms. The molecule has 0 radical (unpaired) electrons. The van der Waals surface area contributed by atoms with E-state index in [-0.39, 0.29) is 12.5 Å². The van der Waals surface area contributed by atoms with E-state index in [0.717, 1.165) is 5.56 Å². The lowest BCUT2D eigenvalue weighted by Crippen LogP contribution is -2.34. The number of aryl methyl sites for hydroxylation is 1. The van der Waals surface area contributed by atoms with Crippen molar-refractivity contribution in [3.8, 4) is 0 Å². The minimum absolute atomic E-state index is 0.0668. The van der Waals surface area contributed by atoms with E-state index in [2.05, 4.69) is 5.32 Å². The van der Waals surface area contributed by atoms with E-state index in [1.54, 1.807) is 18.2 Å². The third-order valence-electron chi connectivity index (χ3n) is 2.61. The molecule has 1 aromatic rings. The first-order valence-electron chi connectivity index (χ1n) is 5.62. The molecular weight excluding hydrogens is 234 g/mol. The van der Waals surface area contributed by atoms with Gasteiger partial charge in [0.05, 0.1) is 0 Å². The van der Waals surface area contributed by atoms with Crippen LogP contribution in [-0.4, -0.2) is 35.1 Å². The lowest BCUT2D eigenvalue weighted by Gasteiger charge is -2.19. The Labute approximate surface area is 105 Å². The smallest absolute Gasteiger partial charge is 0.216 e. The molecule has 0 fully saturated rings. The predicted molar refractivity (Wildman–Crippen MR) is 66.2 cm³/mol. The second kappa shape index (κ2) is 6.28. The summed E-state index contributed by atoms with van der Waals surface area (Å²) in [5.74, 6) is -0.291. The molecule has 5 nitrogen and oxygen atoms in total. The second-order valence-corrected chi connectivity index (χ2v) is 4.20. The molecule has 2 atom stereocenters. The Hall–Kier alpha value is -1.72. The van der Waals surface area contributed by atoms with Gasteiger partial charge in [-0.05, 0) is 18.6 Å². The van der Waals surface area contributed by atoms with Crippen LogP contribution in [0.5, 0.6) is 0 Å². The number of aliphatic hydroxyl groups is 2. The van der Waals surface area contributed by atoms with Gasteiger partial charge >= 0.3 is 0 Å². The molecular formula is C13H17NO4. The normalized spacial score (nSPS) is 13.8. The number of aliphatic hydroxyl groups excluding tert-OH is 2. The highest BCUT2D eigenvalue weighted by Gasteiger charge is 2.21. The quantitative estimate of drug-likeness (QED) is 0.658. The van der Waals surface area contributed by atoms with Gasteiger partial charge in [0, 0.05) is 19.0 Å². The summed E-state index contributed by atoms with van der Waals surface area (Å²) >= 11 is 0. The van der Waals surface area contributed by atoms with E-state index in [1.165, 1.54) is 6.92 Å². The van der Waals surface area contributed by atoms with Crippen LogP contribution in [0.2, 0.25) is 0 Å². The van der Waals surface area contributed by atoms with Crippen LogP contribution in [-0.2, 0) is 4.79 Å². The summed E-state index contributed by atoms with van der Waals surface area (Å²) in [6.45, 7) is 3.08. The summed E-state index contributed by atoms with van der Waals surface area (Å²) in [5.41, 5.74) is 1.59. The monoisotopic (exact) mass is 251 g/mol. The van der Waals surface area contributed by atoms with Crippen molar-refractivity contribution in [1.82, 2.24) is 5.32 Å². The molecule has 5 heteroatoms. The summed E-state index contributed by atoms with van der Waals surface area (Å²) < 4.78 is 0. The minimum Gasteiger partial charge on any atom is -0.388 e. The van der Waals surface area contributed by atoms with Crippen molar-refractivity contribution in [3.05, 3.63) is 34.9 Å². The molecule has 0 saturated carbocycles. The molecule has 1 amide bonds. The van der Waals surface area contributed by atoms with E-state index in [0.29, 0.717) is 17.4 Å². The summed E-state index contributed by atoms with van der Waals surface area (Å²) in [6, 6.07) is 4.98. The fourth-order valence-corrected chi connectivity index (χ4v) is 1.63. The maximum Gasteiger partial charge on any atom is 0.216 e. The fraction of sp³-hybridized carbons (Fsp3) is 0.385. The molecule has 0 aliphatic carbocycles. The zero-order valence-electron chi connectivity index (χ0n) is 10.4. The van der Waals surface area contributed by atoms with Crippen molar-refractivity contribution < 1.29 is 19.8 Å². The highest BCUT2D eigenvalue weighted by molar-refractivity contribution is 5.78. The van der Waals surface area contributed by atoms with E-state index in [4.69, 9.17) is 0 Å². The Balaban J connectivity index is 2.85. The van der Waals surface area contributed by atoms with Gasteiger partial charge in [-0.2, -0.15) is 0 Å². The van der Waals surface area contributed by atoms with Gasteiger partial charge in [-0.15, -0.1) is 0 Å². The average Bonchev–Trinajstić information content (AvgIpc) is 2.34. The third-order valence-corrected chi connectivity index (χ3v) is 2.61. The van der Waals surface area contributed by atoms with Crippen LogP contribution in [0, 0.1) is 6.92 Å². The van der Waals surface area contributed by atoms with Gasteiger partial charge in [0.15, 0.2) is 0 Å². The number of hydrogen-bond donors (Lipinski definition) is 3. The van der Waals surface area contributed by atoms with Crippen LogP contribution >= 0.6 is 0 Å². The van der Waals surface area contributed by atoms with E-state index in [9.17, 15) is 19.8 Å². The zero-order chi connectivity index (χ0) is 13.7. The number of carbonyl (C=O) groups is 2. The summed E-state index contributed by atoms with van der Waals surface area (Å²) in [6.07, 6.45) is -1.73. The number of hydrogen-bond acceptors (Lipinski definition) is 4. The fourth-order valence-electron chi connectivity index (χ4n) is 1.63. The van der Waals surface area contributed by atoms with Crippen molar-refractivity contribution >= 4 is 12.2 Å². The summed E-state index contributed by atoms with van der Waals surface area (Å²) in [4.78, 5) is 21.6. The van der Waals surface area contributed by atoms with Crippen molar-refractivity contribution in [2.75, 3.05) is 6.54 Å². The molecule has 2 unspecified atom stereocenters. The summed E-state index contributed by atoms with van der Waals surface area (Å²) in [5, 5.41) is 22.1. The van der Waals surface area contributed by atoms with E-state index in [1.807, 2.05) is 6.92 Å². The molecule has 0 spiro atoms. The van der Waals surface area contributed by atoms with Gasteiger partial charge in [0.1, 0.15) is 18.5 Å². The SMILES string of the molecule is CC(=O)NCC(O)C(O)c1ccc(C)cc1C=O. The Morgan fingerprint density at radius 1 is 1.44 bits per heavy atom. The number of aldehydes is 1. The van der Waals surface area contributed by atoms with Crippen molar-refractivity contribution in [2.45, 2.75) is 26.1 Å². The van der Waals surface area contributed by atoms with Crippen molar-refractivity contribution in [3.63, 3.8) is 0 Å². The molecule has 0 bridgehead atoms. The first kappa shape index (κ1) is 14.3.